The first kappa shape index (κ1) is 13.8. The lowest BCUT2D eigenvalue weighted by Crippen LogP contribution is -2.04. The molecule has 0 saturated heterocycles. The first-order valence-electron chi connectivity index (χ1n) is 7.84. The third-order valence-corrected chi connectivity index (χ3v) is 4.03. The van der Waals surface area contributed by atoms with Crippen LogP contribution in [0, 0.1) is 6.92 Å². The molecule has 0 bridgehead atoms. The Bertz CT molecular complexity index is 862. The van der Waals surface area contributed by atoms with E-state index in [0.717, 1.165) is 47.0 Å². The summed E-state index contributed by atoms with van der Waals surface area (Å²) in [6, 6.07) is 14.5. The Morgan fingerprint density at radius 2 is 2.00 bits per heavy atom. The van der Waals surface area contributed by atoms with Crippen molar-refractivity contribution in [1.82, 2.24) is 15.2 Å². The van der Waals surface area contributed by atoms with Crippen molar-refractivity contribution in [2.75, 3.05) is 5.32 Å². The predicted octanol–water partition coefficient (Wildman–Crippen LogP) is 4.48. The van der Waals surface area contributed by atoms with E-state index in [1.165, 1.54) is 5.56 Å². The van der Waals surface area contributed by atoms with Gasteiger partial charge in [-0.15, -0.1) is 0 Å². The molecule has 0 aliphatic heterocycles. The lowest BCUT2D eigenvalue weighted by Gasteiger charge is -2.17. The van der Waals surface area contributed by atoms with E-state index in [1.54, 1.807) is 0 Å². The number of H-pyrrole nitrogens is 1. The summed E-state index contributed by atoms with van der Waals surface area (Å²) in [5, 5.41) is 10.6. The molecule has 1 aliphatic rings. The van der Waals surface area contributed by atoms with Crippen LogP contribution >= 0.6 is 0 Å². The molecule has 4 rings (SSSR count). The molecule has 0 unspecified atom stereocenters. The lowest BCUT2D eigenvalue weighted by atomic mass is 9.96. The van der Waals surface area contributed by atoms with E-state index < -0.39 is 0 Å². The van der Waals surface area contributed by atoms with Gasteiger partial charge >= 0.3 is 0 Å². The van der Waals surface area contributed by atoms with E-state index in [9.17, 15) is 0 Å². The Labute approximate surface area is 135 Å². The van der Waals surface area contributed by atoms with Gasteiger partial charge in [-0.3, -0.25) is 5.10 Å². The van der Waals surface area contributed by atoms with Gasteiger partial charge in [0.2, 0.25) is 0 Å². The fourth-order valence-electron chi connectivity index (χ4n) is 2.90. The highest BCUT2D eigenvalue weighted by Gasteiger charge is 2.15. The number of pyridine rings is 1. The second-order valence-electron chi connectivity index (χ2n) is 5.80. The van der Waals surface area contributed by atoms with Gasteiger partial charge in [0.05, 0.1) is 5.69 Å². The van der Waals surface area contributed by atoms with E-state index in [4.69, 9.17) is 4.98 Å². The molecule has 2 N–H and O–H groups in total. The highest BCUT2D eigenvalue weighted by Crippen LogP contribution is 2.31. The zero-order valence-electron chi connectivity index (χ0n) is 13.0. The van der Waals surface area contributed by atoms with Crippen LogP contribution in [0.3, 0.4) is 0 Å². The predicted molar refractivity (Wildman–Crippen MR) is 93.6 cm³/mol. The molecule has 2 heterocycles. The molecule has 0 spiro atoms. The maximum atomic E-state index is 4.84. The van der Waals surface area contributed by atoms with E-state index in [-0.39, 0.29) is 0 Å². The fourth-order valence-corrected chi connectivity index (χ4v) is 2.90. The monoisotopic (exact) mass is 302 g/mol. The largest absolute Gasteiger partial charge is 0.323 e. The van der Waals surface area contributed by atoms with Crippen LogP contribution in [-0.4, -0.2) is 15.2 Å². The summed E-state index contributed by atoms with van der Waals surface area (Å²) in [6.45, 7) is 1.99. The number of nitrogens with one attached hydrogen (secondary N) is 2. The topological polar surface area (TPSA) is 53.6 Å². The Balaban J connectivity index is 1.81. The van der Waals surface area contributed by atoms with Crippen molar-refractivity contribution < 1.29 is 0 Å². The van der Waals surface area contributed by atoms with Crippen LogP contribution in [0.1, 0.15) is 23.2 Å². The number of allylic oxidation sites excluding steroid dienone is 1. The van der Waals surface area contributed by atoms with Crippen LogP contribution in [0.5, 0.6) is 0 Å². The molecule has 4 nitrogen and oxygen atoms in total. The van der Waals surface area contributed by atoms with E-state index >= 15 is 0 Å². The van der Waals surface area contributed by atoms with E-state index in [2.05, 4.69) is 45.9 Å². The van der Waals surface area contributed by atoms with E-state index in [0.29, 0.717) is 0 Å². The molecular weight excluding hydrogens is 284 g/mol. The Kier molecular flexibility index (Phi) is 3.42. The van der Waals surface area contributed by atoms with Crippen LogP contribution in [0.25, 0.3) is 17.3 Å². The molecule has 2 aromatic heterocycles. The van der Waals surface area contributed by atoms with Crippen molar-refractivity contribution >= 4 is 17.7 Å². The minimum Gasteiger partial charge on any atom is -0.323 e. The smallest absolute Gasteiger partial charge is 0.153 e. The zero-order valence-corrected chi connectivity index (χ0v) is 13.0. The van der Waals surface area contributed by atoms with Crippen molar-refractivity contribution in [2.24, 2.45) is 0 Å². The quantitative estimate of drug-likeness (QED) is 0.750. The van der Waals surface area contributed by atoms with Gasteiger partial charge < -0.3 is 5.32 Å². The molecule has 0 amide bonds. The van der Waals surface area contributed by atoms with Gasteiger partial charge in [-0.1, -0.05) is 42.5 Å². The minimum absolute atomic E-state index is 0.793. The van der Waals surface area contributed by atoms with Gasteiger partial charge in [0.1, 0.15) is 5.82 Å². The number of aryl methyl sites for hydroxylation is 2. The Morgan fingerprint density at radius 1 is 1.13 bits per heavy atom. The number of nitrogens with zero attached hydrogens (tertiary/aromatic N) is 2. The Hall–Kier alpha value is -2.88. The van der Waals surface area contributed by atoms with Crippen LogP contribution < -0.4 is 5.32 Å². The summed E-state index contributed by atoms with van der Waals surface area (Å²) < 4.78 is 0. The molecule has 3 aromatic rings. The molecule has 4 heteroatoms. The summed E-state index contributed by atoms with van der Waals surface area (Å²) in [5.74, 6) is 1.66. The molecule has 23 heavy (non-hydrogen) atoms. The molecule has 0 atom stereocenters. The number of anilines is 2. The summed E-state index contributed by atoms with van der Waals surface area (Å²) in [7, 11) is 0. The van der Waals surface area contributed by atoms with Crippen LogP contribution in [-0.2, 0) is 6.42 Å². The normalized spacial score (nSPS) is 12.9. The third kappa shape index (κ3) is 2.75. The first-order chi connectivity index (χ1) is 11.3. The highest BCUT2D eigenvalue weighted by molar-refractivity contribution is 5.75. The number of aromatic nitrogens is 3. The number of hydrogen-bond acceptors (Lipinski definition) is 3. The molecule has 1 aliphatic carbocycles. The molecular formula is C19H18N4. The van der Waals surface area contributed by atoms with Crippen molar-refractivity contribution in [3.8, 4) is 11.3 Å². The van der Waals surface area contributed by atoms with E-state index in [1.807, 2.05) is 31.2 Å². The average molecular weight is 302 g/mol. The molecule has 114 valence electrons. The first-order valence-corrected chi connectivity index (χ1v) is 7.84. The summed E-state index contributed by atoms with van der Waals surface area (Å²) in [6.07, 6.45) is 6.48. The Morgan fingerprint density at radius 3 is 2.78 bits per heavy atom. The number of fused-ring (bicyclic) bond motifs is 1. The summed E-state index contributed by atoms with van der Waals surface area (Å²) >= 11 is 0. The number of rotatable bonds is 3. The summed E-state index contributed by atoms with van der Waals surface area (Å²) in [5.41, 5.74) is 5.64. The average Bonchev–Trinajstić information content (AvgIpc) is 3.00. The fraction of sp³-hybridized carbons (Fsp3) is 0.158. The zero-order chi connectivity index (χ0) is 15.6. The minimum atomic E-state index is 0.793. The van der Waals surface area contributed by atoms with Crippen molar-refractivity contribution in [3.63, 3.8) is 0 Å². The third-order valence-electron chi connectivity index (χ3n) is 4.03. The standard InChI is InChI=1S/C19H18N4/c1-13-11-18(23-22-13)21-19-16-10-6-5-9-15(16)12-17(20-19)14-7-3-2-4-8-14/h2-4,6-8,10-12H,5,9H2,1H3,(H2,20,21,22,23). The van der Waals surface area contributed by atoms with Gasteiger partial charge in [-0.25, -0.2) is 4.98 Å². The van der Waals surface area contributed by atoms with Gasteiger partial charge in [-0.05, 0) is 31.4 Å². The van der Waals surface area contributed by atoms with Gasteiger partial charge in [0.15, 0.2) is 5.82 Å². The SMILES string of the molecule is Cc1cc(Nc2nc(-c3ccccc3)cc3c2C=CCC3)n[nH]1. The maximum absolute atomic E-state index is 4.84. The maximum Gasteiger partial charge on any atom is 0.153 e. The highest BCUT2D eigenvalue weighted by atomic mass is 15.2. The second-order valence-corrected chi connectivity index (χ2v) is 5.80. The molecule has 0 fully saturated rings. The van der Waals surface area contributed by atoms with Crippen molar-refractivity contribution in [1.29, 1.82) is 0 Å². The molecule has 1 aromatic carbocycles. The number of hydrogen-bond donors (Lipinski definition) is 2. The number of benzene rings is 1. The number of aromatic amines is 1. The lowest BCUT2D eigenvalue weighted by molar-refractivity contribution is 0.978. The van der Waals surface area contributed by atoms with Crippen molar-refractivity contribution in [3.05, 3.63) is 65.4 Å². The van der Waals surface area contributed by atoms with Gasteiger partial charge in [0, 0.05) is 22.9 Å². The molecule has 0 saturated carbocycles. The van der Waals surface area contributed by atoms with Crippen molar-refractivity contribution in [2.45, 2.75) is 19.8 Å². The second kappa shape index (κ2) is 5.72. The van der Waals surface area contributed by atoms with Crippen LogP contribution in [0.2, 0.25) is 0 Å². The van der Waals surface area contributed by atoms with Gasteiger partial charge in [0.25, 0.3) is 0 Å². The summed E-state index contributed by atoms with van der Waals surface area (Å²) in [4.78, 5) is 4.84. The molecule has 0 radical (unpaired) electrons. The van der Waals surface area contributed by atoms with Gasteiger partial charge in [-0.2, -0.15) is 5.10 Å². The van der Waals surface area contributed by atoms with Crippen LogP contribution in [0.15, 0.2) is 48.5 Å². The van der Waals surface area contributed by atoms with Crippen LogP contribution in [0.4, 0.5) is 11.6 Å².